The van der Waals surface area contributed by atoms with Gasteiger partial charge >= 0.3 is 0 Å². The second-order valence-electron chi connectivity index (χ2n) is 4.73. The number of hydrogen-bond donors (Lipinski definition) is 1. The number of nitrogen functional groups attached to an aromatic ring is 1. The van der Waals surface area contributed by atoms with Gasteiger partial charge in [0.1, 0.15) is 0 Å². The molecule has 20 heavy (non-hydrogen) atoms. The monoisotopic (exact) mass is 307 g/mol. The molecule has 1 atom stereocenters. The van der Waals surface area contributed by atoms with E-state index in [2.05, 4.69) is 16.2 Å². The van der Waals surface area contributed by atoms with Crippen molar-refractivity contribution in [1.82, 2.24) is 10.1 Å². The van der Waals surface area contributed by atoms with Crippen LogP contribution in [0.15, 0.2) is 28.8 Å². The highest BCUT2D eigenvalue weighted by Gasteiger charge is 2.21. The van der Waals surface area contributed by atoms with Gasteiger partial charge in [-0.25, -0.2) is 0 Å². The Balaban J connectivity index is 1.59. The number of thioether (sulfide) groups is 2. The lowest BCUT2D eigenvalue weighted by molar-refractivity contribution is 0.373. The summed E-state index contributed by atoms with van der Waals surface area (Å²) in [5.41, 5.74) is 7.77. The molecule has 1 aliphatic heterocycles. The predicted molar refractivity (Wildman–Crippen MR) is 85.1 cm³/mol. The van der Waals surface area contributed by atoms with Crippen molar-refractivity contribution in [2.24, 2.45) is 0 Å². The van der Waals surface area contributed by atoms with Gasteiger partial charge in [0, 0.05) is 29.4 Å². The van der Waals surface area contributed by atoms with Gasteiger partial charge in [-0.2, -0.15) is 16.7 Å². The van der Waals surface area contributed by atoms with E-state index in [-0.39, 0.29) is 0 Å². The number of aryl methyl sites for hydroxylation is 2. The normalized spacial score (nSPS) is 19.1. The van der Waals surface area contributed by atoms with Gasteiger partial charge in [-0.1, -0.05) is 17.3 Å². The van der Waals surface area contributed by atoms with Crippen LogP contribution in [0.5, 0.6) is 0 Å². The summed E-state index contributed by atoms with van der Waals surface area (Å²) < 4.78 is 5.35. The van der Waals surface area contributed by atoms with Gasteiger partial charge in [0.25, 0.3) is 0 Å². The van der Waals surface area contributed by atoms with Crippen LogP contribution in [0.3, 0.4) is 0 Å². The van der Waals surface area contributed by atoms with Crippen molar-refractivity contribution in [3.63, 3.8) is 0 Å². The minimum absolute atomic E-state index is 0.388. The summed E-state index contributed by atoms with van der Waals surface area (Å²) >= 11 is 3.89. The van der Waals surface area contributed by atoms with Gasteiger partial charge in [-0.15, -0.1) is 11.8 Å². The van der Waals surface area contributed by atoms with E-state index in [1.807, 2.05) is 41.7 Å². The first-order chi connectivity index (χ1) is 9.81. The first-order valence-corrected chi connectivity index (χ1v) is 8.88. The van der Waals surface area contributed by atoms with E-state index < -0.39 is 0 Å². The number of nitrogens with two attached hydrogens (primary N) is 1. The molecule has 1 fully saturated rings. The van der Waals surface area contributed by atoms with E-state index >= 15 is 0 Å². The Kier molecular flexibility index (Phi) is 4.52. The van der Waals surface area contributed by atoms with Gasteiger partial charge < -0.3 is 10.3 Å². The molecule has 0 saturated carbocycles. The highest BCUT2D eigenvalue weighted by molar-refractivity contribution is 8.06. The number of hydrogen-bond acceptors (Lipinski definition) is 6. The maximum Gasteiger partial charge on any atom is 0.227 e. The maximum atomic E-state index is 5.77. The van der Waals surface area contributed by atoms with Crippen molar-refractivity contribution in [3.05, 3.63) is 41.5 Å². The zero-order valence-electron chi connectivity index (χ0n) is 11.1. The van der Waals surface area contributed by atoms with E-state index in [0.717, 1.165) is 36.0 Å². The van der Waals surface area contributed by atoms with E-state index in [1.165, 1.54) is 17.1 Å². The minimum Gasteiger partial charge on any atom is -0.399 e. The van der Waals surface area contributed by atoms with Gasteiger partial charge in [0.15, 0.2) is 5.82 Å². The van der Waals surface area contributed by atoms with Crippen LogP contribution in [-0.2, 0) is 12.8 Å². The fourth-order valence-electron chi connectivity index (χ4n) is 2.14. The molecule has 1 saturated heterocycles. The Labute approximate surface area is 126 Å². The summed E-state index contributed by atoms with van der Waals surface area (Å²) in [6.07, 6.45) is 1.64. The van der Waals surface area contributed by atoms with Crippen LogP contribution >= 0.6 is 23.5 Å². The molecule has 4 nitrogen and oxygen atoms in total. The summed E-state index contributed by atoms with van der Waals surface area (Å²) in [6.45, 7) is 0. The number of anilines is 1. The van der Waals surface area contributed by atoms with Crippen LogP contribution < -0.4 is 5.73 Å². The fraction of sp³-hybridized carbons (Fsp3) is 0.429. The van der Waals surface area contributed by atoms with Crippen molar-refractivity contribution in [2.45, 2.75) is 18.1 Å². The zero-order chi connectivity index (χ0) is 13.8. The summed E-state index contributed by atoms with van der Waals surface area (Å²) in [6, 6.07) is 7.93. The van der Waals surface area contributed by atoms with Crippen molar-refractivity contribution in [1.29, 1.82) is 0 Å². The molecule has 0 aliphatic carbocycles. The molecule has 106 valence electrons. The molecular weight excluding hydrogens is 290 g/mol. The minimum atomic E-state index is 0.388. The highest BCUT2D eigenvalue weighted by Crippen LogP contribution is 2.35. The zero-order valence-corrected chi connectivity index (χ0v) is 12.8. The molecular formula is C14H17N3OS2. The van der Waals surface area contributed by atoms with E-state index in [1.54, 1.807) is 0 Å². The number of benzene rings is 1. The van der Waals surface area contributed by atoms with Crippen molar-refractivity contribution in [2.75, 3.05) is 23.0 Å². The van der Waals surface area contributed by atoms with Crippen molar-refractivity contribution < 1.29 is 4.52 Å². The van der Waals surface area contributed by atoms with Gasteiger partial charge in [0.2, 0.25) is 5.89 Å². The van der Waals surface area contributed by atoms with Gasteiger partial charge in [-0.3, -0.25) is 0 Å². The summed E-state index contributed by atoms with van der Waals surface area (Å²) in [5, 5.41) is 4.51. The Morgan fingerprint density at radius 3 is 3.05 bits per heavy atom. The number of nitrogens with zero attached hydrogens (tertiary/aromatic N) is 2. The Morgan fingerprint density at radius 1 is 1.30 bits per heavy atom. The first kappa shape index (κ1) is 13.8. The molecule has 2 heterocycles. The lowest BCUT2D eigenvalue weighted by Gasteiger charge is -2.16. The Morgan fingerprint density at radius 2 is 2.25 bits per heavy atom. The molecule has 2 aromatic rings. The van der Waals surface area contributed by atoms with E-state index in [4.69, 9.17) is 10.3 Å². The largest absolute Gasteiger partial charge is 0.399 e. The SMILES string of the molecule is Nc1cccc(CCc2nc(C3CSCCS3)no2)c1. The average molecular weight is 307 g/mol. The molecule has 2 N–H and O–H groups in total. The molecule has 0 amide bonds. The summed E-state index contributed by atoms with van der Waals surface area (Å²) in [5.74, 6) is 5.05. The van der Waals surface area contributed by atoms with Crippen LogP contribution in [-0.4, -0.2) is 27.4 Å². The molecule has 0 radical (unpaired) electrons. The Hall–Kier alpha value is -1.14. The van der Waals surface area contributed by atoms with Crippen LogP contribution in [0.2, 0.25) is 0 Å². The average Bonchev–Trinajstić information content (AvgIpc) is 2.95. The summed E-state index contributed by atoms with van der Waals surface area (Å²) in [4.78, 5) is 4.53. The molecule has 0 bridgehead atoms. The topological polar surface area (TPSA) is 64.9 Å². The van der Waals surface area contributed by atoms with Crippen LogP contribution in [0, 0.1) is 0 Å². The van der Waals surface area contributed by atoms with Gasteiger partial charge in [0.05, 0.1) is 5.25 Å². The van der Waals surface area contributed by atoms with Crippen LogP contribution in [0.1, 0.15) is 22.5 Å². The quantitative estimate of drug-likeness (QED) is 0.876. The maximum absolute atomic E-state index is 5.77. The van der Waals surface area contributed by atoms with Gasteiger partial charge in [-0.05, 0) is 24.1 Å². The predicted octanol–water partition coefficient (Wildman–Crippen LogP) is 2.96. The third-order valence-corrected chi connectivity index (χ3v) is 5.92. The standard InChI is InChI=1S/C14H17N3OS2/c15-11-3-1-2-10(8-11)4-5-13-16-14(17-18-13)12-9-19-6-7-20-12/h1-3,8,12H,4-7,9,15H2. The molecule has 1 aromatic heterocycles. The lowest BCUT2D eigenvalue weighted by atomic mass is 10.1. The van der Waals surface area contributed by atoms with E-state index in [9.17, 15) is 0 Å². The van der Waals surface area contributed by atoms with Crippen LogP contribution in [0.25, 0.3) is 0 Å². The lowest BCUT2D eigenvalue weighted by Crippen LogP contribution is -2.08. The molecule has 3 rings (SSSR count). The smallest absolute Gasteiger partial charge is 0.227 e. The molecule has 1 unspecified atom stereocenters. The van der Waals surface area contributed by atoms with Crippen molar-refractivity contribution >= 4 is 29.2 Å². The summed E-state index contributed by atoms with van der Waals surface area (Å²) in [7, 11) is 0. The van der Waals surface area contributed by atoms with E-state index in [0.29, 0.717) is 5.25 Å². The number of rotatable bonds is 4. The molecule has 0 spiro atoms. The second-order valence-corrected chi connectivity index (χ2v) is 7.19. The Bertz CT molecular complexity index is 567. The highest BCUT2D eigenvalue weighted by atomic mass is 32.2. The first-order valence-electron chi connectivity index (χ1n) is 6.67. The van der Waals surface area contributed by atoms with Crippen LogP contribution in [0.4, 0.5) is 5.69 Å². The molecule has 1 aliphatic rings. The molecule has 1 aromatic carbocycles. The van der Waals surface area contributed by atoms with Crippen molar-refractivity contribution in [3.8, 4) is 0 Å². The molecule has 6 heteroatoms. The second kappa shape index (κ2) is 6.54. The number of aromatic nitrogens is 2. The third kappa shape index (κ3) is 3.49. The third-order valence-electron chi connectivity index (χ3n) is 3.17. The fourth-order valence-corrected chi connectivity index (χ4v) is 4.73.